The van der Waals surface area contributed by atoms with Crippen molar-refractivity contribution in [3.05, 3.63) is 75.2 Å². The molecule has 1 aliphatic rings. The van der Waals surface area contributed by atoms with Crippen molar-refractivity contribution >= 4 is 10.9 Å². The molecule has 4 aromatic rings. The van der Waals surface area contributed by atoms with Crippen molar-refractivity contribution in [3.63, 3.8) is 0 Å². The molecule has 4 heterocycles. The number of tetrazole rings is 1. The molecule has 1 saturated heterocycles. The number of aromatic nitrogens is 5. The molecule has 1 atom stereocenters. The molecule has 9 heteroatoms. The number of pyridine rings is 1. The maximum atomic E-state index is 13.2. The van der Waals surface area contributed by atoms with E-state index in [-0.39, 0.29) is 5.56 Å². The molecule has 0 bridgehead atoms. The summed E-state index contributed by atoms with van der Waals surface area (Å²) < 4.78 is 12.7. The first-order chi connectivity index (χ1) is 15.1. The van der Waals surface area contributed by atoms with Gasteiger partial charge in [0.2, 0.25) is 0 Å². The van der Waals surface area contributed by atoms with Gasteiger partial charge in [0.15, 0.2) is 5.82 Å². The number of hydrogen-bond acceptors (Lipinski definition) is 7. The van der Waals surface area contributed by atoms with Crippen molar-refractivity contribution in [2.75, 3.05) is 26.3 Å². The predicted octanol–water partition coefficient (Wildman–Crippen LogP) is 2.19. The van der Waals surface area contributed by atoms with Crippen LogP contribution in [-0.2, 0) is 11.3 Å². The fraction of sp³-hybridized carbons (Fsp3) is 0.364. The fourth-order valence-electron chi connectivity index (χ4n) is 4.10. The number of ether oxygens (including phenoxy) is 1. The number of nitrogens with one attached hydrogen (secondary N) is 1. The highest BCUT2D eigenvalue weighted by atomic mass is 16.5. The van der Waals surface area contributed by atoms with E-state index in [4.69, 9.17) is 9.15 Å². The standard InChI is InChI=1S/C22H24N6O3/c1-14-10-16-12-18(22(29)23-19(16)11-15(14)2)20(27-5-8-30-9-6-27)21-24-25-26-28(21)13-17-4-3-7-31-17/h3-4,7,10-12,20H,5-6,8-9,13H2,1-2H3,(H,23,29)/t20-/m1/s1. The van der Waals surface area contributed by atoms with Gasteiger partial charge in [0.25, 0.3) is 5.56 Å². The van der Waals surface area contributed by atoms with Crippen LogP contribution < -0.4 is 5.56 Å². The normalized spacial score (nSPS) is 16.1. The van der Waals surface area contributed by atoms with Crippen LogP contribution in [0, 0.1) is 13.8 Å². The van der Waals surface area contributed by atoms with Crippen LogP contribution >= 0.6 is 0 Å². The summed E-state index contributed by atoms with van der Waals surface area (Å²) >= 11 is 0. The summed E-state index contributed by atoms with van der Waals surface area (Å²) in [5.41, 5.74) is 3.62. The second kappa shape index (κ2) is 8.09. The molecule has 1 N–H and O–H groups in total. The van der Waals surface area contributed by atoms with Gasteiger partial charge in [-0.25, -0.2) is 4.68 Å². The Labute approximate surface area is 178 Å². The fourth-order valence-corrected chi connectivity index (χ4v) is 4.10. The highest BCUT2D eigenvalue weighted by Crippen LogP contribution is 2.28. The Bertz CT molecular complexity index is 1250. The van der Waals surface area contributed by atoms with Gasteiger partial charge in [-0.15, -0.1) is 5.10 Å². The lowest BCUT2D eigenvalue weighted by Gasteiger charge is -2.33. The second-order valence-corrected chi connectivity index (χ2v) is 7.90. The number of rotatable bonds is 5. The zero-order valence-electron chi connectivity index (χ0n) is 17.5. The summed E-state index contributed by atoms with van der Waals surface area (Å²) in [6.45, 7) is 7.06. The highest BCUT2D eigenvalue weighted by molar-refractivity contribution is 5.81. The molecule has 0 saturated carbocycles. The van der Waals surface area contributed by atoms with Gasteiger partial charge < -0.3 is 14.1 Å². The topological polar surface area (TPSA) is 102 Å². The van der Waals surface area contributed by atoms with E-state index >= 15 is 0 Å². The molecule has 31 heavy (non-hydrogen) atoms. The van der Waals surface area contributed by atoms with Crippen LogP contribution in [0.4, 0.5) is 0 Å². The molecule has 160 valence electrons. The molecule has 1 fully saturated rings. The van der Waals surface area contributed by atoms with Crippen LogP contribution in [0.3, 0.4) is 0 Å². The molecule has 0 aliphatic carbocycles. The Morgan fingerprint density at radius 3 is 2.74 bits per heavy atom. The van der Waals surface area contributed by atoms with Crippen LogP contribution in [0.2, 0.25) is 0 Å². The number of morpholine rings is 1. The second-order valence-electron chi connectivity index (χ2n) is 7.90. The summed E-state index contributed by atoms with van der Waals surface area (Å²) in [6.07, 6.45) is 1.62. The minimum absolute atomic E-state index is 0.139. The Morgan fingerprint density at radius 2 is 1.97 bits per heavy atom. The van der Waals surface area contributed by atoms with Crippen molar-refractivity contribution in [2.45, 2.75) is 26.4 Å². The Hall–Kier alpha value is -3.30. The zero-order chi connectivity index (χ0) is 21.4. The molecule has 1 aliphatic heterocycles. The van der Waals surface area contributed by atoms with E-state index in [0.717, 1.165) is 22.2 Å². The molecule has 0 radical (unpaired) electrons. The number of nitrogens with zero attached hydrogens (tertiary/aromatic N) is 5. The first-order valence-electron chi connectivity index (χ1n) is 10.3. The van der Waals surface area contributed by atoms with Gasteiger partial charge in [0.1, 0.15) is 18.3 Å². The van der Waals surface area contributed by atoms with Crippen molar-refractivity contribution in [3.8, 4) is 0 Å². The molecular formula is C22H24N6O3. The number of H-pyrrole nitrogens is 1. The van der Waals surface area contributed by atoms with Crippen LogP contribution in [0.25, 0.3) is 10.9 Å². The molecule has 0 amide bonds. The van der Waals surface area contributed by atoms with Gasteiger partial charge >= 0.3 is 0 Å². The Morgan fingerprint density at radius 1 is 1.16 bits per heavy atom. The van der Waals surface area contributed by atoms with E-state index in [9.17, 15) is 4.79 Å². The van der Waals surface area contributed by atoms with E-state index in [0.29, 0.717) is 44.2 Å². The van der Waals surface area contributed by atoms with Crippen LogP contribution in [0.5, 0.6) is 0 Å². The highest BCUT2D eigenvalue weighted by Gasteiger charge is 2.31. The van der Waals surface area contributed by atoms with Gasteiger partial charge in [-0.1, -0.05) is 0 Å². The number of fused-ring (bicyclic) bond motifs is 1. The predicted molar refractivity (Wildman–Crippen MR) is 114 cm³/mol. The molecule has 0 spiro atoms. The van der Waals surface area contributed by atoms with Gasteiger partial charge in [-0.2, -0.15) is 0 Å². The summed E-state index contributed by atoms with van der Waals surface area (Å²) in [5, 5.41) is 13.4. The van der Waals surface area contributed by atoms with Crippen LogP contribution in [0.15, 0.2) is 45.8 Å². The van der Waals surface area contributed by atoms with Crippen LogP contribution in [0.1, 0.15) is 34.3 Å². The largest absolute Gasteiger partial charge is 0.467 e. The summed E-state index contributed by atoms with van der Waals surface area (Å²) in [4.78, 5) is 18.5. The monoisotopic (exact) mass is 420 g/mol. The average Bonchev–Trinajstić information content (AvgIpc) is 3.44. The molecule has 3 aromatic heterocycles. The van der Waals surface area contributed by atoms with Gasteiger partial charge in [0.05, 0.1) is 19.5 Å². The third-order valence-corrected chi connectivity index (χ3v) is 5.88. The summed E-state index contributed by atoms with van der Waals surface area (Å²) in [7, 11) is 0. The van der Waals surface area contributed by atoms with Gasteiger partial charge in [0, 0.05) is 24.2 Å². The lowest BCUT2D eigenvalue weighted by Crippen LogP contribution is -2.42. The summed E-state index contributed by atoms with van der Waals surface area (Å²) in [6, 6.07) is 9.39. The lowest BCUT2D eigenvalue weighted by molar-refractivity contribution is 0.0214. The molecule has 9 nitrogen and oxygen atoms in total. The maximum Gasteiger partial charge on any atom is 0.253 e. The minimum Gasteiger partial charge on any atom is -0.467 e. The average molecular weight is 420 g/mol. The minimum atomic E-state index is -0.399. The smallest absolute Gasteiger partial charge is 0.253 e. The molecule has 0 unspecified atom stereocenters. The molecular weight excluding hydrogens is 396 g/mol. The van der Waals surface area contributed by atoms with E-state index in [2.05, 4.69) is 38.4 Å². The third-order valence-electron chi connectivity index (χ3n) is 5.88. The SMILES string of the molecule is Cc1cc2cc([C@H](c3nnnn3Cc3ccco3)N3CCOCC3)c(=O)[nH]c2cc1C. The molecule has 1 aromatic carbocycles. The van der Waals surface area contributed by atoms with Crippen molar-refractivity contribution in [1.29, 1.82) is 0 Å². The van der Waals surface area contributed by atoms with Gasteiger partial charge in [-0.05, 0) is 71.1 Å². The third kappa shape index (κ3) is 3.77. The number of aryl methyl sites for hydroxylation is 2. The first kappa shape index (κ1) is 19.7. The first-order valence-corrected chi connectivity index (χ1v) is 10.3. The quantitative estimate of drug-likeness (QED) is 0.528. The van der Waals surface area contributed by atoms with Crippen molar-refractivity contribution < 1.29 is 9.15 Å². The maximum absolute atomic E-state index is 13.2. The number of hydrogen-bond donors (Lipinski definition) is 1. The van der Waals surface area contributed by atoms with E-state index in [1.165, 1.54) is 5.56 Å². The van der Waals surface area contributed by atoms with E-state index in [1.54, 1.807) is 10.9 Å². The lowest BCUT2D eigenvalue weighted by atomic mass is 10.0. The van der Waals surface area contributed by atoms with Gasteiger partial charge in [-0.3, -0.25) is 9.69 Å². The zero-order valence-corrected chi connectivity index (χ0v) is 17.5. The Kier molecular flexibility index (Phi) is 5.13. The van der Waals surface area contributed by atoms with Crippen molar-refractivity contribution in [1.82, 2.24) is 30.1 Å². The van der Waals surface area contributed by atoms with E-state index < -0.39 is 6.04 Å². The number of benzene rings is 1. The molecule has 5 rings (SSSR count). The number of aromatic amines is 1. The number of furan rings is 1. The van der Waals surface area contributed by atoms with Crippen LogP contribution in [-0.4, -0.2) is 56.4 Å². The van der Waals surface area contributed by atoms with E-state index in [1.807, 2.05) is 31.2 Å². The van der Waals surface area contributed by atoms with Crippen molar-refractivity contribution in [2.24, 2.45) is 0 Å². The summed E-state index contributed by atoms with van der Waals surface area (Å²) in [5.74, 6) is 1.35. The Balaban J connectivity index is 1.64.